The van der Waals surface area contributed by atoms with Crippen molar-refractivity contribution in [1.82, 2.24) is 0 Å². The molecule has 0 saturated carbocycles. The number of ether oxygens (including phenoxy) is 1. The highest BCUT2D eigenvalue weighted by Crippen LogP contribution is 2.23. The summed E-state index contributed by atoms with van der Waals surface area (Å²) in [4.78, 5) is 0. The van der Waals surface area contributed by atoms with Crippen LogP contribution in [0, 0.1) is 13.8 Å². The molecule has 1 unspecified atom stereocenters. The lowest BCUT2D eigenvalue weighted by atomic mass is 9.96. The van der Waals surface area contributed by atoms with Gasteiger partial charge in [0.25, 0.3) is 0 Å². The fourth-order valence-electron chi connectivity index (χ4n) is 2.21. The molecule has 1 rings (SSSR count). The number of nitrogens with two attached hydrogens (primary N) is 1. The standard InChI is InChI=1S/C15H25NO/c1-5-13(16)7-6-8-15-11(2)9-14(17-4)10-12(15)3/h9-10,13H,5-8,16H2,1-4H3. The molecule has 0 aromatic heterocycles. The Balaban J connectivity index is 2.65. The van der Waals surface area contributed by atoms with Gasteiger partial charge < -0.3 is 10.5 Å². The Morgan fingerprint density at radius 1 is 1.24 bits per heavy atom. The Labute approximate surface area is 105 Å². The van der Waals surface area contributed by atoms with Gasteiger partial charge in [-0.15, -0.1) is 0 Å². The first-order valence-corrected chi connectivity index (χ1v) is 6.48. The first-order chi connectivity index (χ1) is 8.08. The van der Waals surface area contributed by atoms with Crippen molar-refractivity contribution in [3.8, 4) is 5.75 Å². The van der Waals surface area contributed by atoms with Gasteiger partial charge in [0.2, 0.25) is 0 Å². The van der Waals surface area contributed by atoms with Crippen LogP contribution < -0.4 is 10.5 Å². The topological polar surface area (TPSA) is 35.2 Å². The third-order valence-electron chi connectivity index (χ3n) is 3.43. The first-order valence-electron chi connectivity index (χ1n) is 6.48. The summed E-state index contributed by atoms with van der Waals surface area (Å²) in [6.07, 6.45) is 4.47. The number of aryl methyl sites for hydroxylation is 2. The molecular formula is C15H25NO. The van der Waals surface area contributed by atoms with Gasteiger partial charge in [0.15, 0.2) is 0 Å². The molecule has 2 N–H and O–H groups in total. The van der Waals surface area contributed by atoms with Crippen molar-refractivity contribution in [3.63, 3.8) is 0 Å². The number of benzene rings is 1. The van der Waals surface area contributed by atoms with E-state index in [1.54, 1.807) is 7.11 Å². The van der Waals surface area contributed by atoms with E-state index in [1.165, 1.54) is 23.1 Å². The van der Waals surface area contributed by atoms with E-state index in [4.69, 9.17) is 10.5 Å². The van der Waals surface area contributed by atoms with Crippen LogP contribution in [0.15, 0.2) is 12.1 Å². The van der Waals surface area contributed by atoms with E-state index >= 15 is 0 Å². The van der Waals surface area contributed by atoms with Crippen molar-refractivity contribution in [1.29, 1.82) is 0 Å². The van der Waals surface area contributed by atoms with Crippen molar-refractivity contribution in [2.75, 3.05) is 7.11 Å². The van der Waals surface area contributed by atoms with E-state index in [0.717, 1.165) is 25.0 Å². The maximum Gasteiger partial charge on any atom is 0.119 e. The molecular weight excluding hydrogens is 210 g/mol. The van der Waals surface area contributed by atoms with Crippen LogP contribution in [0.3, 0.4) is 0 Å². The third kappa shape index (κ3) is 4.04. The normalized spacial score (nSPS) is 12.5. The lowest BCUT2D eigenvalue weighted by molar-refractivity contribution is 0.414. The van der Waals surface area contributed by atoms with Crippen molar-refractivity contribution >= 4 is 0 Å². The summed E-state index contributed by atoms with van der Waals surface area (Å²) < 4.78 is 5.27. The quantitative estimate of drug-likeness (QED) is 0.820. The second-order valence-electron chi connectivity index (χ2n) is 4.80. The Kier molecular flexibility index (Phi) is 5.49. The highest BCUT2D eigenvalue weighted by Gasteiger charge is 2.06. The van der Waals surface area contributed by atoms with Gasteiger partial charge in [-0.05, 0) is 68.4 Å². The molecule has 0 aliphatic heterocycles. The molecule has 2 nitrogen and oxygen atoms in total. The summed E-state index contributed by atoms with van der Waals surface area (Å²) in [7, 11) is 1.72. The first kappa shape index (κ1) is 14.0. The summed E-state index contributed by atoms with van der Waals surface area (Å²) in [5.41, 5.74) is 10.0. The van der Waals surface area contributed by atoms with Crippen LogP contribution in [0.1, 0.15) is 42.9 Å². The van der Waals surface area contributed by atoms with Crippen molar-refractivity contribution in [2.45, 2.75) is 52.5 Å². The Hall–Kier alpha value is -1.02. The minimum absolute atomic E-state index is 0.355. The highest BCUT2D eigenvalue weighted by atomic mass is 16.5. The number of hydrogen-bond donors (Lipinski definition) is 1. The molecule has 1 atom stereocenters. The van der Waals surface area contributed by atoms with Crippen LogP contribution in [0.5, 0.6) is 5.75 Å². The van der Waals surface area contributed by atoms with E-state index < -0.39 is 0 Å². The Morgan fingerprint density at radius 3 is 2.29 bits per heavy atom. The van der Waals surface area contributed by atoms with E-state index in [2.05, 4.69) is 32.9 Å². The zero-order valence-corrected chi connectivity index (χ0v) is 11.5. The molecule has 0 aliphatic carbocycles. The van der Waals surface area contributed by atoms with Crippen molar-refractivity contribution in [2.24, 2.45) is 5.73 Å². The van der Waals surface area contributed by atoms with Gasteiger partial charge in [-0.25, -0.2) is 0 Å². The monoisotopic (exact) mass is 235 g/mol. The van der Waals surface area contributed by atoms with Crippen LogP contribution in [0.25, 0.3) is 0 Å². The van der Waals surface area contributed by atoms with Crippen LogP contribution in [0.4, 0.5) is 0 Å². The summed E-state index contributed by atoms with van der Waals surface area (Å²) in [6.45, 7) is 6.46. The molecule has 96 valence electrons. The molecule has 0 fully saturated rings. The molecule has 2 heteroatoms. The van der Waals surface area contributed by atoms with Crippen LogP contribution in [-0.4, -0.2) is 13.2 Å². The maximum absolute atomic E-state index is 5.94. The van der Waals surface area contributed by atoms with E-state index in [0.29, 0.717) is 6.04 Å². The van der Waals surface area contributed by atoms with Gasteiger partial charge in [-0.2, -0.15) is 0 Å². The molecule has 0 spiro atoms. The van der Waals surface area contributed by atoms with Gasteiger partial charge in [-0.1, -0.05) is 6.92 Å². The summed E-state index contributed by atoms with van der Waals surface area (Å²) in [5.74, 6) is 0.953. The van der Waals surface area contributed by atoms with Crippen LogP contribution in [0.2, 0.25) is 0 Å². The van der Waals surface area contributed by atoms with Crippen molar-refractivity contribution in [3.05, 3.63) is 28.8 Å². The number of hydrogen-bond acceptors (Lipinski definition) is 2. The molecule has 0 radical (unpaired) electrons. The molecule has 0 heterocycles. The Bertz CT molecular complexity index is 337. The molecule has 0 amide bonds. The van der Waals surface area contributed by atoms with E-state index in [1.807, 2.05) is 0 Å². The van der Waals surface area contributed by atoms with Gasteiger partial charge in [-0.3, -0.25) is 0 Å². The lowest BCUT2D eigenvalue weighted by Crippen LogP contribution is -2.18. The van der Waals surface area contributed by atoms with E-state index in [9.17, 15) is 0 Å². The second-order valence-corrected chi connectivity index (χ2v) is 4.80. The average Bonchev–Trinajstić information content (AvgIpc) is 2.31. The fourth-order valence-corrected chi connectivity index (χ4v) is 2.21. The Morgan fingerprint density at radius 2 is 1.82 bits per heavy atom. The molecule has 1 aromatic rings. The average molecular weight is 235 g/mol. The van der Waals surface area contributed by atoms with Crippen molar-refractivity contribution < 1.29 is 4.74 Å². The van der Waals surface area contributed by atoms with Gasteiger partial charge >= 0.3 is 0 Å². The number of rotatable bonds is 6. The minimum atomic E-state index is 0.355. The highest BCUT2D eigenvalue weighted by molar-refractivity contribution is 5.41. The molecule has 17 heavy (non-hydrogen) atoms. The molecule has 1 aromatic carbocycles. The largest absolute Gasteiger partial charge is 0.497 e. The summed E-state index contributed by atoms with van der Waals surface area (Å²) >= 11 is 0. The SMILES string of the molecule is CCC(N)CCCc1c(C)cc(OC)cc1C. The molecule has 0 bridgehead atoms. The third-order valence-corrected chi connectivity index (χ3v) is 3.43. The minimum Gasteiger partial charge on any atom is -0.497 e. The molecule has 0 saturated heterocycles. The van der Waals surface area contributed by atoms with Gasteiger partial charge in [0.05, 0.1) is 7.11 Å². The summed E-state index contributed by atoms with van der Waals surface area (Å²) in [6, 6.07) is 4.58. The summed E-state index contributed by atoms with van der Waals surface area (Å²) in [5, 5.41) is 0. The maximum atomic E-state index is 5.94. The predicted molar refractivity (Wildman–Crippen MR) is 73.7 cm³/mol. The smallest absolute Gasteiger partial charge is 0.119 e. The zero-order valence-electron chi connectivity index (χ0n) is 11.5. The van der Waals surface area contributed by atoms with Crippen LogP contribution >= 0.6 is 0 Å². The van der Waals surface area contributed by atoms with Gasteiger partial charge in [0.1, 0.15) is 5.75 Å². The van der Waals surface area contributed by atoms with Crippen LogP contribution in [-0.2, 0) is 6.42 Å². The van der Waals surface area contributed by atoms with E-state index in [-0.39, 0.29) is 0 Å². The fraction of sp³-hybridized carbons (Fsp3) is 0.600. The zero-order chi connectivity index (χ0) is 12.8. The second kappa shape index (κ2) is 6.65. The predicted octanol–water partition coefficient (Wildman–Crippen LogP) is 3.37. The molecule has 0 aliphatic rings. The lowest BCUT2D eigenvalue weighted by Gasteiger charge is -2.13. The number of methoxy groups -OCH3 is 1. The van der Waals surface area contributed by atoms with Gasteiger partial charge in [0, 0.05) is 6.04 Å².